The van der Waals surface area contributed by atoms with E-state index in [1.807, 2.05) is 0 Å². The Kier molecular flexibility index (Phi) is 8.04. The summed E-state index contributed by atoms with van der Waals surface area (Å²) in [6.45, 7) is 0.887. The summed E-state index contributed by atoms with van der Waals surface area (Å²) in [5.74, 6) is -2.37. The zero-order valence-corrected chi connectivity index (χ0v) is 27.8. The molecule has 10 rings (SSSR count). The highest BCUT2D eigenvalue weighted by Gasteiger charge is 2.66. The molecule has 264 valence electrons. The van der Waals surface area contributed by atoms with Crippen LogP contribution in [-0.2, 0) is 52.1 Å². The highest BCUT2D eigenvalue weighted by Crippen LogP contribution is 2.52. The second kappa shape index (κ2) is 12.1. The number of hydrogen-bond donors (Lipinski definition) is 0. The van der Waals surface area contributed by atoms with Gasteiger partial charge in [-0.2, -0.15) is 0 Å². The minimum absolute atomic E-state index is 0.277. The van der Waals surface area contributed by atoms with Crippen molar-refractivity contribution < 1.29 is 52.1 Å². The van der Waals surface area contributed by atoms with Crippen LogP contribution in [0.3, 0.4) is 0 Å². The molecule has 11 heteroatoms. The van der Waals surface area contributed by atoms with Crippen molar-refractivity contribution in [1.29, 1.82) is 0 Å². The first-order valence-electron chi connectivity index (χ1n) is 19.4. The average Bonchev–Trinajstić information content (AvgIpc) is 3.66. The van der Waals surface area contributed by atoms with Crippen molar-refractivity contribution in [2.24, 2.45) is 0 Å². The maximum atomic E-state index is 6.94. The molecule has 11 nitrogen and oxygen atoms in total. The molecule has 10 fully saturated rings. The molecule has 0 aromatic rings. The summed E-state index contributed by atoms with van der Waals surface area (Å²) in [6.07, 6.45) is 16.5. The van der Waals surface area contributed by atoms with Crippen molar-refractivity contribution in [1.82, 2.24) is 0 Å². The van der Waals surface area contributed by atoms with Crippen molar-refractivity contribution in [3.05, 3.63) is 0 Å². The van der Waals surface area contributed by atoms with Gasteiger partial charge in [-0.25, -0.2) is 0 Å². The Bertz CT molecular complexity index is 1040. The molecule has 0 aromatic carbocycles. The molecule has 10 aliphatic rings. The summed E-state index contributed by atoms with van der Waals surface area (Å²) in [5, 5.41) is 0. The van der Waals surface area contributed by atoms with Crippen LogP contribution in [-0.4, -0.2) is 97.8 Å². The Morgan fingerprint density at radius 3 is 1.04 bits per heavy atom. The maximum absolute atomic E-state index is 6.94. The normalized spacial score (nSPS) is 47.7. The van der Waals surface area contributed by atoms with Gasteiger partial charge in [0.15, 0.2) is 35.7 Å². The predicted molar refractivity (Wildman–Crippen MR) is 163 cm³/mol. The Balaban J connectivity index is 0.928. The van der Waals surface area contributed by atoms with Crippen LogP contribution < -0.4 is 0 Å². The lowest BCUT2D eigenvalue weighted by molar-refractivity contribution is -0.420. The van der Waals surface area contributed by atoms with Gasteiger partial charge in [0.05, 0.1) is 13.2 Å². The fourth-order valence-electron chi connectivity index (χ4n) is 10.6. The smallest absolute Gasteiger partial charge is 0.190 e. The third kappa shape index (κ3) is 5.48. The molecule has 4 saturated carbocycles. The standard InChI is InChI=1S/C36H54O11/c1-5-13-33(14-6-1)37-21-23-25(42-33)27-29(46-35(44-27)17-9-3-10-18-35)31(39-23)41-32-30-28(45-36(47-30)19-11-4-12-20-36)26-24(40-32)22-38-34(43-26)15-7-2-8-16-34/h23-32H,1-22H2/t23-,24-,25-,26-,27+,28+,29-,30-,31-,32-/m1/s1. The van der Waals surface area contributed by atoms with E-state index in [1.54, 1.807) is 0 Å². The molecule has 0 amide bonds. The first-order valence-corrected chi connectivity index (χ1v) is 19.4. The van der Waals surface area contributed by atoms with E-state index < -0.39 is 47.9 Å². The highest BCUT2D eigenvalue weighted by molar-refractivity contribution is 5.05. The van der Waals surface area contributed by atoms with Gasteiger partial charge in [0.2, 0.25) is 0 Å². The van der Waals surface area contributed by atoms with Crippen molar-refractivity contribution in [3.63, 3.8) is 0 Å². The molecule has 0 N–H and O–H groups in total. The van der Waals surface area contributed by atoms with Gasteiger partial charge in [0.25, 0.3) is 0 Å². The van der Waals surface area contributed by atoms with Gasteiger partial charge in [-0.15, -0.1) is 0 Å². The van der Waals surface area contributed by atoms with Gasteiger partial charge >= 0.3 is 0 Å². The molecular weight excluding hydrogens is 608 g/mol. The Morgan fingerprint density at radius 2 is 0.660 bits per heavy atom. The lowest BCUT2D eigenvalue weighted by Crippen LogP contribution is -2.68. The van der Waals surface area contributed by atoms with E-state index in [-0.39, 0.29) is 36.6 Å². The summed E-state index contributed by atoms with van der Waals surface area (Å²) in [5.41, 5.74) is 0. The number of hydrogen-bond acceptors (Lipinski definition) is 11. The van der Waals surface area contributed by atoms with Crippen LogP contribution in [0.25, 0.3) is 0 Å². The Hall–Kier alpha value is -0.440. The SMILES string of the molecule is C1CCC2(CC1)O[C@@H]1[C@@H](O2)[C@@H](O[C@H]2O[C@@H]3COC4(CCCCC4)O[C@H]3[C@@H]3OC4(CCCCC4)O[C@@H]23)O[C@@H]2COC3(CCCCC3)O[C@@H]12. The van der Waals surface area contributed by atoms with E-state index >= 15 is 0 Å². The van der Waals surface area contributed by atoms with Gasteiger partial charge in [0.1, 0.15) is 48.8 Å². The summed E-state index contributed by atoms with van der Waals surface area (Å²) < 4.78 is 74.8. The monoisotopic (exact) mass is 662 g/mol. The van der Waals surface area contributed by atoms with Gasteiger partial charge in [-0.1, -0.05) is 25.7 Å². The fraction of sp³-hybridized carbons (Fsp3) is 1.00. The van der Waals surface area contributed by atoms with Crippen molar-refractivity contribution in [2.75, 3.05) is 13.2 Å². The third-order valence-electron chi connectivity index (χ3n) is 13.0. The molecule has 0 radical (unpaired) electrons. The van der Waals surface area contributed by atoms with Crippen LogP contribution >= 0.6 is 0 Å². The van der Waals surface area contributed by atoms with Gasteiger partial charge in [0, 0.05) is 51.4 Å². The first-order chi connectivity index (χ1) is 23.0. The Labute approximate surface area is 278 Å². The van der Waals surface area contributed by atoms with E-state index in [1.165, 1.54) is 25.7 Å². The number of fused-ring (bicyclic) bond motifs is 6. The first kappa shape index (κ1) is 31.3. The topological polar surface area (TPSA) is 102 Å². The van der Waals surface area contributed by atoms with Gasteiger partial charge in [-0.05, 0) is 51.4 Å². The summed E-state index contributed by atoms with van der Waals surface area (Å²) >= 11 is 0. The molecule has 6 aliphatic heterocycles. The fourth-order valence-corrected chi connectivity index (χ4v) is 10.6. The Morgan fingerprint density at radius 1 is 0.340 bits per heavy atom. The lowest BCUT2D eigenvalue weighted by atomic mass is 9.90. The quantitative estimate of drug-likeness (QED) is 0.375. The molecule has 0 unspecified atom stereocenters. The number of rotatable bonds is 2. The van der Waals surface area contributed by atoms with E-state index in [2.05, 4.69) is 0 Å². The molecule has 47 heavy (non-hydrogen) atoms. The molecular formula is C36H54O11. The molecule has 0 bridgehead atoms. The van der Waals surface area contributed by atoms with Crippen LogP contribution in [0.2, 0.25) is 0 Å². The van der Waals surface area contributed by atoms with Gasteiger partial charge < -0.3 is 52.1 Å². The number of ether oxygens (including phenoxy) is 11. The lowest BCUT2D eigenvalue weighted by Gasteiger charge is -2.53. The predicted octanol–water partition coefficient (Wildman–Crippen LogP) is 5.49. The van der Waals surface area contributed by atoms with Gasteiger partial charge in [-0.3, -0.25) is 0 Å². The molecule has 6 saturated heterocycles. The minimum atomic E-state index is -0.737. The summed E-state index contributed by atoms with van der Waals surface area (Å²) in [7, 11) is 0. The van der Waals surface area contributed by atoms with E-state index in [9.17, 15) is 0 Å². The van der Waals surface area contributed by atoms with Crippen LogP contribution in [0.4, 0.5) is 0 Å². The minimum Gasteiger partial charge on any atom is -0.347 e. The summed E-state index contributed by atoms with van der Waals surface area (Å²) in [4.78, 5) is 0. The van der Waals surface area contributed by atoms with Crippen molar-refractivity contribution >= 4 is 0 Å². The molecule has 6 heterocycles. The van der Waals surface area contributed by atoms with Crippen molar-refractivity contribution in [3.8, 4) is 0 Å². The average molecular weight is 663 g/mol. The third-order valence-corrected chi connectivity index (χ3v) is 13.0. The van der Waals surface area contributed by atoms with Crippen LogP contribution in [0.15, 0.2) is 0 Å². The zero-order chi connectivity index (χ0) is 31.1. The second-order valence-corrected chi connectivity index (χ2v) is 16.2. The highest BCUT2D eigenvalue weighted by atomic mass is 16.9. The molecule has 0 aromatic heterocycles. The molecule has 4 spiro atoms. The van der Waals surface area contributed by atoms with Crippen molar-refractivity contribution in [2.45, 2.75) is 213 Å². The van der Waals surface area contributed by atoms with E-state index in [0.29, 0.717) is 13.2 Å². The summed E-state index contributed by atoms with van der Waals surface area (Å²) in [6, 6.07) is 0. The van der Waals surface area contributed by atoms with Crippen LogP contribution in [0.5, 0.6) is 0 Å². The van der Waals surface area contributed by atoms with E-state index in [0.717, 1.165) is 103 Å². The molecule has 4 aliphatic carbocycles. The van der Waals surface area contributed by atoms with Crippen LogP contribution in [0.1, 0.15) is 128 Å². The second-order valence-electron chi connectivity index (χ2n) is 16.2. The van der Waals surface area contributed by atoms with E-state index in [4.69, 9.17) is 52.1 Å². The molecule has 10 atom stereocenters. The zero-order valence-electron chi connectivity index (χ0n) is 27.8. The largest absolute Gasteiger partial charge is 0.347 e. The van der Waals surface area contributed by atoms with Crippen LogP contribution in [0, 0.1) is 0 Å². The maximum Gasteiger partial charge on any atom is 0.190 e.